The van der Waals surface area contributed by atoms with Crippen LogP contribution in [0.2, 0.25) is 0 Å². The van der Waals surface area contributed by atoms with Crippen molar-refractivity contribution in [2.75, 3.05) is 13.2 Å². The van der Waals surface area contributed by atoms with E-state index in [9.17, 15) is 14.4 Å². The molecule has 1 aromatic rings. The molecule has 0 unspecified atom stereocenters. The van der Waals surface area contributed by atoms with Crippen LogP contribution in [0.5, 0.6) is 0 Å². The zero-order valence-electron chi connectivity index (χ0n) is 11.7. The van der Waals surface area contributed by atoms with E-state index in [2.05, 4.69) is 0 Å². The molecule has 5 nitrogen and oxygen atoms in total. The molecular weight excluding hydrogens is 260 g/mol. The average Bonchev–Trinajstić information content (AvgIpc) is 2.45. The highest BCUT2D eigenvalue weighted by atomic mass is 16.5. The first kappa shape index (κ1) is 15.9. The first-order chi connectivity index (χ1) is 9.63. The Bertz CT molecular complexity index is 493. The third kappa shape index (κ3) is 4.19. The van der Waals surface area contributed by atoms with Gasteiger partial charge in [-0.3, -0.25) is 9.59 Å². The Kier molecular flexibility index (Phi) is 6.43. The van der Waals surface area contributed by atoms with Gasteiger partial charge in [-0.1, -0.05) is 12.1 Å². The van der Waals surface area contributed by atoms with Crippen LogP contribution in [0.25, 0.3) is 0 Å². The molecular formula is C15H18O5. The van der Waals surface area contributed by atoms with E-state index in [1.54, 1.807) is 32.0 Å². The number of hydrogen-bond acceptors (Lipinski definition) is 5. The monoisotopic (exact) mass is 278 g/mol. The largest absolute Gasteiger partial charge is 0.466 e. The van der Waals surface area contributed by atoms with Crippen molar-refractivity contribution in [3.8, 4) is 0 Å². The van der Waals surface area contributed by atoms with Crippen molar-refractivity contribution in [2.24, 2.45) is 0 Å². The van der Waals surface area contributed by atoms with Crippen LogP contribution in [0.4, 0.5) is 0 Å². The van der Waals surface area contributed by atoms with E-state index in [0.717, 1.165) is 0 Å². The fourth-order valence-corrected chi connectivity index (χ4v) is 1.85. The molecule has 0 spiro atoms. The summed E-state index contributed by atoms with van der Waals surface area (Å²) in [5.41, 5.74) is 1.23. The second-order valence-corrected chi connectivity index (χ2v) is 4.02. The molecule has 0 N–H and O–H groups in total. The lowest BCUT2D eigenvalue weighted by Gasteiger charge is -2.10. The zero-order valence-corrected chi connectivity index (χ0v) is 11.7. The van der Waals surface area contributed by atoms with Crippen LogP contribution in [-0.4, -0.2) is 31.4 Å². The minimum absolute atomic E-state index is 0.116. The van der Waals surface area contributed by atoms with Crippen molar-refractivity contribution < 1.29 is 23.9 Å². The minimum Gasteiger partial charge on any atom is -0.466 e. The van der Waals surface area contributed by atoms with Crippen LogP contribution in [0, 0.1) is 0 Å². The number of rotatable bonds is 7. The van der Waals surface area contributed by atoms with E-state index in [1.807, 2.05) is 0 Å². The summed E-state index contributed by atoms with van der Waals surface area (Å²) in [6.07, 6.45) is 1.05. The molecule has 0 amide bonds. The predicted molar refractivity (Wildman–Crippen MR) is 72.7 cm³/mol. The lowest BCUT2D eigenvalue weighted by Crippen LogP contribution is -2.12. The van der Waals surface area contributed by atoms with Crippen LogP contribution in [0.1, 0.15) is 46.5 Å². The molecule has 1 rings (SSSR count). The van der Waals surface area contributed by atoms with Crippen LogP contribution in [-0.2, 0) is 20.7 Å². The highest BCUT2D eigenvalue weighted by molar-refractivity contribution is 5.94. The van der Waals surface area contributed by atoms with Gasteiger partial charge in [0.2, 0.25) is 0 Å². The molecule has 5 heteroatoms. The summed E-state index contributed by atoms with van der Waals surface area (Å²) in [7, 11) is 0. The van der Waals surface area contributed by atoms with Crippen molar-refractivity contribution in [2.45, 2.75) is 26.7 Å². The van der Waals surface area contributed by atoms with Gasteiger partial charge < -0.3 is 9.47 Å². The minimum atomic E-state index is -0.491. The Morgan fingerprint density at radius 1 is 1.15 bits per heavy atom. The van der Waals surface area contributed by atoms with Gasteiger partial charge in [0, 0.05) is 12.0 Å². The van der Waals surface area contributed by atoms with Crippen molar-refractivity contribution >= 4 is 18.2 Å². The summed E-state index contributed by atoms with van der Waals surface area (Å²) in [6, 6.07) is 4.81. The summed E-state index contributed by atoms with van der Waals surface area (Å²) in [5, 5.41) is 0. The van der Waals surface area contributed by atoms with Crippen LogP contribution in [0.15, 0.2) is 18.2 Å². The van der Waals surface area contributed by atoms with Crippen LogP contribution < -0.4 is 0 Å². The molecule has 0 saturated heterocycles. The lowest BCUT2D eigenvalue weighted by molar-refractivity contribution is -0.143. The maximum absolute atomic E-state index is 11.8. The molecule has 0 aromatic heterocycles. The second-order valence-electron chi connectivity index (χ2n) is 4.02. The Morgan fingerprint density at radius 2 is 1.85 bits per heavy atom. The molecule has 0 aliphatic carbocycles. The number of ether oxygens (including phenoxy) is 2. The SMILES string of the molecule is CCOC(=O)CCc1c(C=O)cccc1C(=O)OCC. The van der Waals surface area contributed by atoms with E-state index < -0.39 is 5.97 Å². The molecule has 0 fully saturated rings. The molecule has 0 bridgehead atoms. The van der Waals surface area contributed by atoms with Gasteiger partial charge in [0.25, 0.3) is 0 Å². The molecule has 0 atom stereocenters. The third-order valence-corrected chi connectivity index (χ3v) is 2.72. The van der Waals surface area contributed by atoms with Gasteiger partial charge in [0.15, 0.2) is 0 Å². The zero-order chi connectivity index (χ0) is 15.0. The Balaban J connectivity index is 2.98. The summed E-state index contributed by atoms with van der Waals surface area (Å²) in [5.74, 6) is -0.849. The van der Waals surface area contributed by atoms with Crippen LogP contribution in [0.3, 0.4) is 0 Å². The van der Waals surface area contributed by atoms with E-state index in [4.69, 9.17) is 9.47 Å². The van der Waals surface area contributed by atoms with E-state index >= 15 is 0 Å². The summed E-state index contributed by atoms with van der Waals surface area (Å²) in [6.45, 7) is 3.99. The highest BCUT2D eigenvalue weighted by Crippen LogP contribution is 2.17. The van der Waals surface area contributed by atoms with Crippen molar-refractivity contribution in [3.05, 3.63) is 34.9 Å². The summed E-state index contributed by atoms with van der Waals surface area (Å²) in [4.78, 5) is 34.3. The van der Waals surface area contributed by atoms with Gasteiger partial charge in [0.1, 0.15) is 6.29 Å². The molecule has 0 heterocycles. The van der Waals surface area contributed by atoms with Crippen molar-refractivity contribution in [1.29, 1.82) is 0 Å². The van der Waals surface area contributed by atoms with E-state index in [-0.39, 0.29) is 25.4 Å². The number of aldehydes is 1. The standard InChI is InChI=1S/C15H18O5/c1-3-19-14(17)9-8-12-11(10-16)6-5-7-13(12)15(18)20-4-2/h5-7,10H,3-4,8-9H2,1-2H3. The molecule has 0 aliphatic heterocycles. The van der Waals surface area contributed by atoms with E-state index in [0.29, 0.717) is 29.6 Å². The number of carbonyl (C=O) groups is 3. The number of benzene rings is 1. The first-order valence-electron chi connectivity index (χ1n) is 6.53. The molecule has 0 radical (unpaired) electrons. The molecule has 20 heavy (non-hydrogen) atoms. The highest BCUT2D eigenvalue weighted by Gasteiger charge is 2.16. The fourth-order valence-electron chi connectivity index (χ4n) is 1.85. The Labute approximate surface area is 117 Å². The Morgan fingerprint density at radius 3 is 2.45 bits per heavy atom. The maximum atomic E-state index is 11.8. The van der Waals surface area contributed by atoms with Gasteiger partial charge in [-0.15, -0.1) is 0 Å². The number of esters is 2. The predicted octanol–water partition coefficient (Wildman–Crippen LogP) is 2.17. The topological polar surface area (TPSA) is 69.7 Å². The first-order valence-corrected chi connectivity index (χ1v) is 6.53. The van der Waals surface area contributed by atoms with Gasteiger partial charge >= 0.3 is 11.9 Å². The van der Waals surface area contributed by atoms with Gasteiger partial charge in [-0.25, -0.2) is 4.79 Å². The fraction of sp³-hybridized carbons (Fsp3) is 0.400. The quantitative estimate of drug-likeness (QED) is 0.564. The summed E-state index contributed by atoms with van der Waals surface area (Å²) >= 11 is 0. The molecule has 1 aromatic carbocycles. The normalized spacial score (nSPS) is 9.90. The second kappa shape index (κ2) is 8.09. The smallest absolute Gasteiger partial charge is 0.338 e. The molecule has 0 saturated carbocycles. The van der Waals surface area contributed by atoms with Gasteiger partial charge in [-0.2, -0.15) is 0 Å². The van der Waals surface area contributed by atoms with E-state index in [1.165, 1.54) is 0 Å². The average molecular weight is 278 g/mol. The number of carbonyl (C=O) groups excluding carboxylic acids is 3. The van der Waals surface area contributed by atoms with Gasteiger partial charge in [-0.05, 0) is 31.9 Å². The Hall–Kier alpha value is -2.17. The molecule has 108 valence electrons. The molecule has 0 aliphatic rings. The van der Waals surface area contributed by atoms with Crippen molar-refractivity contribution in [1.82, 2.24) is 0 Å². The summed E-state index contributed by atoms with van der Waals surface area (Å²) < 4.78 is 9.79. The van der Waals surface area contributed by atoms with Gasteiger partial charge in [0.05, 0.1) is 18.8 Å². The maximum Gasteiger partial charge on any atom is 0.338 e. The third-order valence-electron chi connectivity index (χ3n) is 2.72. The van der Waals surface area contributed by atoms with Crippen LogP contribution >= 0.6 is 0 Å². The lowest BCUT2D eigenvalue weighted by atomic mass is 9.97. The number of hydrogen-bond donors (Lipinski definition) is 0. The van der Waals surface area contributed by atoms with Crippen molar-refractivity contribution in [3.63, 3.8) is 0 Å².